The average Bonchev–Trinajstić information content (AvgIpc) is 2.69. The minimum atomic E-state index is -3.91. The molecule has 1 aromatic rings. The normalized spacial score (nSPS) is 14.2. The molecule has 20 heavy (non-hydrogen) atoms. The van der Waals surface area contributed by atoms with E-state index >= 15 is 0 Å². The third-order valence-corrected chi connectivity index (χ3v) is 3.75. The molecule has 2 rings (SSSR count). The summed E-state index contributed by atoms with van der Waals surface area (Å²) in [6.07, 6.45) is -0.193. The molecule has 0 spiro atoms. The number of nitrogens with one attached hydrogen (secondary N) is 2. The highest BCUT2D eigenvalue weighted by molar-refractivity contribution is 7.89. The van der Waals surface area contributed by atoms with Crippen LogP contribution in [0.1, 0.15) is 6.42 Å². The van der Waals surface area contributed by atoms with Crippen molar-refractivity contribution in [1.29, 1.82) is 0 Å². The molecule has 1 aliphatic heterocycles. The highest BCUT2D eigenvalue weighted by atomic mass is 32.2. The quantitative estimate of drug-likeness (QED) is 0.783. The lowest BCUT2D eigenvalue weighted by Crippen LogP contribution is -2.41. The Morgan fingerprint density at radius 1 is 1.25 bits per heavy atom. The molecule has 1 amide bonds. The largest absolute Gasteiger partial charge is 0.490 e. The molecule has 1 aromatic carbocycles. The van der Waals surface area contributed by atoms with E-state index in [1.165, 1.54) is 18.2 Å². The number of hydrogen-bond acceptors (Lipinski definition) is 6. The molecule has 0 radical (unpaired) electrons. The lowest BCUT2D eigenvalue weighted by molar-refractivity contribution is 0.169. The van der Waals surface area contributed by atoms with E-state index in [1.807, 2.05) is 10.3 Å². The lowest BCUT2D eigenvalue weighted by Gasteiger charge is -2.11. The molecule has 0 bridgehead atoms. The zero-order chi connectivity index (χ0) is 14.6. The number of hydrazine groups is 1. The van der Waals surface area contributed by atoms with E-state index in [2.05, 4.69) is 4.74 Å². The summed E-state index contributed by atoms with van der Waals surface area (Å²) in [5.74, 6) is 0.839. The van der Waals surface area contributed by atoms with Crippen molar-refractivity contribution >= 4 is 16.1 Å². The Balaban J connectivity index is 2.19. The van der Waals surface area contributed by atoms with Crippen LogP contribution in [-0.2, 0) is 14.8 Å². The van der Waals surface area contributed by atoms with Crippen molar-refractivity contribution in [3.63, 3.8) is 0 Å². The zero-order valence-electron chi connectivity index (χ0n) is 10.7. The number of amides is 1. The molecule has 0 aliphatic carbocycles. The van der Waals surface area contributed by atoms with Crippen LogP contribution >= 0.6 is 0 Å². The van der Waals surface area contributed by atoms with Gasteiger partial charge in [0.1, 0.15) is 0 Å². The predicted octanol–water partition coefficient (Wildman–Crippen LogP) is 0.397. The average molecular weight is 302 g/mol. The second-order valence-corrected chi connectivity index (χ2v) is 5.56. The predicted molar refractivity (Wildman–Crippen MR) is 67.9 cm³/mol. The molecule has 0 aromatic heterocycles. The second-order valence-electron chi connectivity index (χ2n) is 3.88. The van der Waals surface area contributed by atoms with Crippen LogP contribution in [0.5, 0.6) is 11.5 Å². The highest BCUT2D eigenvalue weighted by Crippen LogP contribution is 2.31. The fraction of sp³-hybridized carbons (Fsp3) is 0.364. The summed E-state index contributed by atoms with van der Waals surface area (Å²) < 4.78 is 39.0. The first kappa shape index (κ1) is 14.4. The number of carbonyl (C=O) groups is 1. The molecular weight excluding hydrogens is 288 g/mol. The van der Waals surface area contributed by atoms with Crippen molar-refractivity contribution < 1.29 is 27.4 Å². The number of fused-ring (bicyclic) bond motifs is 1. The lowest BCUT2D eigenvalue weighted by atomic mass is 10.3. The van der Waals surface area contributed by atoms with Crippen molar-refractivity contribution in [2.75, 3.05) is 20.3 Å². The number of rotatable bonds is 3. The van der Waals surface area contributed by atoms with Crippen LogP contribution in [-0.4, -0.2) is 34.8 Å². The Labute approximate surface area is 116 Å². The van der Waals surface area contributed by atoms with Crippen LogP contribution in [0, 0.1) is 0 Å². The van der Waals surface area contributed by atoms with Crippen LogP contribution < -0.4 is 19.7 Å². The monoisotopic (exact) mass is 302 g/mol. The van der Waals surface area contributed by atoms with Gasteiger partial charge in [-0.2, -0.15) is 0 Å². The Kier molecular flexibility index (Phi) is 4.30. The van der Waals surface area contributed by atoms with E-state index in [1.54, 1.807) is 0 Å². The first-order valence-electron chi connectivity index (χ1n) is 5.78. The molecule has 0 saturated carbocycles. The topological polar surface area (TPSA) is 103 Å². The van der Waals surface area contributed by atoms with Gasteiger partial charge in [-0.3, -0.25) is 0 Å². The molecule has 110 valence electrons. The molecule has 1 heterocycles. The van der Waals surface area contributed by atoms with E-state index in [0.717, 1.165) is 13.5 Å². The zero-order valence-corrected chi connectivity index (χ0v) is 11.5. The number of sulfonamides is 1. The molecule has 0 unspecified atom stereocenters. The van der Waals surface area contributed by atoms with E-state index < -0.39 is 16.1 Å². The Morgan fingerprint density at radius 2 is 1.95 bits per heavy atom. The number of methoxy groups -OCH3 is 1. The van der Waals surface area contributed by atoms with Crippen molar-refractivity contribution in [2.45, 2.75) is 11.3 Å². The summed E-state index contributed by atoms with van der Waals surface area (Å²) in [4.78, 5) is 12.7. The van der Waals surface area contributed by atoms with Gasteiger partial charge in [0.15, 0.2) is 11.5 Å². The first-order chi connectivity index (χ1) is 9.53. The molecular formula is C11H14N2O6S. The molecule has 8 nitrogen and oxygen atoms in total. The number of hydrogen-bond donors (Lipinski definition) is 2. The van der Waals surface area contributed by atoms with Gasteiger partial charge in [0, 0.05) is 12.5 Å². The third-order valence-electron chi connectivity index (χ3n) is 2.50. The number of carbonyl (C=O) groups excluding carboxylic acids is 1. The van der Waals surface area contributed by atoms with E-state index in [-0.39, 0.29) is 4.90 Å². The summed E-state index contributed by atoms with van der Waals surface area (Å²) in [6.45, 7) is 0.964. The van der Waals surface area contributed by atoms with E-state index in [4.69, 9.17) is 9.47 Å². The SMILES string of the molecule is COC(=O)NNS(=O)(=O)c1ccc2c(c1)OCCCO2. The van der Waals surface area contributed by atoms with Crippen LogP contribution in [0.2, 0.25) is 0 Å². The fourth-order valence-corrected chi connectivity index (χ4v) is 2.37. The van der Waals surface area contributed by atoms with Crippen LogP contribution in [0.3, 0.4) is 0 Å². The number of ether oxygens (including phenoxy) is 3. The maximum atomic E-state index is 11.9. The second kappa shape index (κ2) is 5.97. The number of benzene rings is 1. The third kappa shape index (κ3) is 3.31. The molecule has 0 saturated heterocycles. The molecule has 0 atom stereocenters. The summed E-state index contributed by atoms with van der Waals surface area (Å²) >= 11 is 0. The fourth-order valence-electron chi connectivity index (χ4n) is 1.53. The van der Waals surface area contributed by atoms with Crippen molar-refractivity contribution in [3.05, 3.63) is 18.2 Å². The van der Waals surface area contributed by atoms with Gasteiger partial charge in [-0.25, -0.2) is 18.6 Å². The molecule has 1 aliphatic rings. The first-order valence-corrected chi connectivity index (χ1v) is 7.26. The summed E-state index contributed by atoms with van der Waals surface area (Å²) in [6, 6.07) is 4.20. The van der Waals surface area contributed by atoms with Crippen molar-refractivity contribution in [3.8, 4) is 11.5 Å². The standard InChI is InChI=1S/C11H14N2O6S/c1-17-11(14)12-13-20(15,16)8-3-4-9-10(7-8)19-6-2-5-18-9/h3-4,7,13H,2,5-6H2,1H3,(H,12,14). The minimum Gasteiger partial charge on any atom is -0.490 e. The van der Waals surface area contributed by atoms with Crippen LogP contribution in [0.4, 0.5) is 4.79 Å². The Morgan fingerprint density at radius 3 is 2.65 bits per heavy atom. The summed E-state index contributed by atoms with van der Waals surface area (Å²) in [7, 11) is -2.79. The molecule has 9 heteroatoms. The summed E-state index contributed by atoms with van der Waals surface area (Å²) in [5, 5.41) is 0. The van der Waals surface area contributed by atoms with Crippen LogP contribution in [0.25, 0.3) is 0 Å². The maximum Gasteiger partial charge on any atom is 0.422 e. The van der Waals surface area contributed by atoms with Gasteiger partial charge < -0.3 is 14.2 Å². The maximum absolute atomic E-state index is 11.9. The van der Waals surface area contributed by atoms with Gasteiger partial charge in [0.05, 0.1) is 25.2 Å². The van der Waals surface area contributed by atoms with Crippen molar-refractivity contribution in [1.82, 2.24) is 10.3 Å². The van der Waals surface area contributed by atoms with Gasteiger partial charge in [-0.15, -0.1) is 4.83 Å². The van der Waals surface area contributed by atoms with E-state index in [0.29, 0.717) is 24.7 Å². The van der Waals surface area contributed by atoms with Crippen LogP contribution in [0.15, 0.2) is 23.1 Å². The van der Waals surface area contributed by atoms with Gasteiger partial charge in [-0.1, -0.05) is 0 Å². The Bertz CT molecular complexity index is 601. The highest BCUT2D eigenvalue weighted by Gasteiger charge is 2.19. The van der Waals surface area contributed by atoms with Gasteiger partial charge in [0.25, 0.3) is 10.0 Å². The van der Waals surface area contributed by atoms with Gasteiger partial charge >= 0.3 is 6.09 Å². The van der Waals surface area contributed by atoms with Gasteiger partial charge in [-0.05, 0) is 12.1 Å². The summed E-state index contributed by atoms with van der Waals surface area (Å²) in [5.41, 5.74) is 1.89. The van der Waals surface area contributed by atoms with Crippen molar-refractivity contribution in [2.24, 2.45) is 0 Å². The Hall–Kier alpha value is -2.00. The van der Waals surface area contributed by atoms with E-state index in [9.17, 15) is 13.2 Å². The smallest absolute Gasteiger partial charge is 0.422 e. The molecule has 0 fully saturated rings. The van der Waals surface area contributed by atoms with Gasteiger partial charge in [0.2, 0.25) is 0 Å². The molecule has 2 N–H and O–H groups in total. The minimum absolute atomic E-state index is 0.0573.